The van der Waals surface area contributed by atoms with E-state index >= 15 is 0 Å². The summed E-state index contributed by atoms with van der Waals surface area (Å²) in [4.78, 5) is 65.4. The van der Waals surface area contributed by atoms with E-state index in [1.165, 1.54) is 11.0 Å². The Balaban J connectivity index is 1.11. The van der Waals surface area contributed by atoms with Crippen molar-refractivity contribution in [3.63, 3.8) is 0 Å². The number of nitriles is 1. The van der Waals surface area contributed by atoms with Crippen LogP contribution < -0.4 is 24.8 Å². The van der Waals surface area contributed by atoms with Crippen molar-refractivity contribution in [3.05, 3.63) is 42.5 Å². The van der Waals surface area contributed by atoms with E-state index in [4.69, 9.17) is 19.2 Å². The van der Waals surface area contributed by atoms with Crippen LogP contribution in [0.25, 0.3) is 10.9 Å². The minimum atomic E-state index is -4.02. The fourth-order valence-corrected chi connectivity index (χ4v) is 10.6. The lowest BCUT2D eigenvalue weighted by molar-refractivity contribution is -0.142. The molecule has 8 rings (SSSR count). The van der Waals surface area contributed by atoms with Crippen molar-refractivity contribution >= 4 is 44.7 Å². The highest BCUT2D eigenvalue weighted by molar-refractivity contribution is 7.91. The summed E-state index contributed by atoms with van der Waals surface area (Å²) < 4.78 is 46.8. The standard InChI is InChI=1S/C46H61N7O9S/c1-6-30-23-46(30,42(56)51-63(58,59)45(5)17-18-45)50-39(54)35-22-31-27-53(35)41(55)38(44(2,3)4)49-43(57)62-36-21-29(36)13-8-7-9-15-33-37(60-20-12-19-52-25-28(24-47)26-52)32-14-10-11-16-34(32)48-40(33)61-31/h6,10-11,14,16,28-31,35-36,38H,1,7-9,12-13,15,17-23,25-27H2,2-5H3,(H,49,57)(H,50,54)(H,51,56)/t29-,30-,31-,35+,36-,38-,46-/m1/s1. The number of sulfonamides is 1. The third-order valence-electron chi connectivity index (χ3n) is 13.9. The minimum absolute atomic E-state index is 0.0130. The lowest BCUT2D eigenvalue weighted by atomic mass is 9.85. The van der Waals surface area contributed by atoms with Crippen LogP contribution in [0.3, 0.4) is 0 Å². The first-order valence-electron chi connectivity index (χ1n) is 22.6. The van der Waals surface area contributed by atoms with E-state index in [0.717, 1.165) is 69.1 Å². The Bertz CT molecular complexity index is 2300. The first-order valence-corrected chi connectivity index (χ1v) is 24.1. The van der Waals surface area contributed by atoms with Gasteiger partial charge in [-0.2, -0.15) is 5.26 Å². The lowest BCUT2D eigenvalue weighted by Crippen LogP contribution is -2.60. The van der Waals surface area contributed by atoms with Crippen LogP contribution in [0.1, 0.15) is 97.5 Å². The van der Waals surface area contributed by atoms with Crippen molar-refractivity contribution in [2.75, 3.05) is 32.8 Å². The average molecular weight is 888 g/mol. The quantitative estimate of drug-likeness (QED) is 0.210. The molecule has 3 saturated carbocycles. The molecule has 1 aromatic carbocycles. The van der Waals surface area contributed by atoms with Gasteiger partial charge >= 0.3 is 6.09 Å². The van der Waals surface area contributed by atoms with Crippen molar-refractivity contribution in [2.45, 2.75) is 133 Å². The Hall–Kier alpha value is -4.95. The highest BCUT2D eigenvalue weighted by Gasteiger charge is 2.63. The second-order valence-corrected chi connectivity index (χ2v) is 22.1. The van der Waals surface area contributed by atoms with Gasteiger partial charge in [-0.05, 0) is 81.8 Å². The molecule has 340 valence electrons. The molecular weight excluding hydrogens is 827 g/mol. The largest absolute Gasteiger partial charge is 0.492 e. The summed E-state index contributed by atoms with van der Waals surface area (Å²) in [6.45, 7) is 13.6. The summed E-state index contributed by atoms with van der Waals surface area (Å²) in [5.74, 6) is -1.25. The molecule has 4 heterocycles. The van der Waals surface area contributed by atoms with Crippen molar-refractivity contribution in [1.82, 2.24) is 30.1 Å². The highest BCUT2D eigenvalue weighted by Crippen LogP contribution is 2.47. The van der Waals surface area contributed by atoms with Crippen molar-refractivity contribution in [1.29, 1.82) is 5.26 Å². The summed E-state index contributed by atoms with van der Waals surface area (Å²) in [6, 6.07) is 7.77. The minimum Gasteiger partial charge on any atom is -0.492 e. The molecule has 0 radical (unpaired) electrons. The van der Waals surface area contributed by atoms with Gasteiger partial charge in [-0.25, -0.2) is 18.2 Å². The van der Waals surface area contributed by atoms with Crippen LogP contribution in [0.5, 0.6) is 11.6 Å². The number of rotatable bonds is 11. The normalized spacial score (nSPS) is 29.7. The van der Waals surface area contributed by atoms with Crippen LogP contribution in [-0.4, -0.2) is 114 Å². The number of amides is 4. The number of likely N-dealkylation sites (tertiary alicyclic amines) is 1. The van der Waals surface area contributed by atoms with Crippen LogP contribution in [0, 0.1) is 34.5 Å². The number of para-hydroxylation sites is 1. The van der Waals surface area contributed by atoms with E-state index in [1.807, 2.05) is 45.0 Å². The predicted octanol–water partition coefficient (Wildman–Crippen LogP) is 4.51. The molecule has 2 saturated heterocycles. The molecule has 3 N–H and O–H groups in total. The Morgan fingerprint density at radius 2 is 1.87 bits per heavy atom. The van der Waals surface area contributed by atoms with E-state index in [-0.39, 0.29) is 37.3 Å². The number of ether oxygens (including phenoxy) is 3. The van der Waals surface area contributed by atoms with Crippen molar-refractivity contribution in [3.8, 4) is 17.7 Å². The van der Waals surface area contributed by atoms with Crippen LogP contribution in [-0.2, 0) is 35.6 Å². The highest BCUT2D eigenvalue weighted by atomic mass is 32.2. The zero-order chi connectivity index (χ0) is 44.9. The van der Waals surface area contributed by atoms with Gasteiger partial charge in [0.05, 0.1) is 41.0 Å². The summed E-state index contributed by atoms with van der Waals surface area (Å²) in [6.07, 6.45) is 6.47. The van der Waals surface area contributed by atoms with E-state index < -0.39 is 73.6 Å². The molecule has 17 heteroatoms. The van der Waals surface area contributed by atoms with Gasteiger partial charge in [0, 0.05) is 37.4 Å². The third-order valence-corrected chi connectivity index (χ3v) is 16.1. The first-order chi connectivity index (χ1) is 29.9. The molecule has 6 aliphatic rings. The smallest absolute Gasteiger partial charge is 0.408 e. The molecule has 7 atom stereocenters. The van der Waals surface area contributed by atoms with Gasteiger partial charge in [-0.1, -0.05) is 51.8 Å². The second kappa shape index (κ2) is 17.2. The van der Waals surface area contributed by atoms with Gasteiger partial charge in [0.15, 0.2) is 0 Å². The van der Waals surface area contributed by atoms with Crippen LogP contribution in [0.2, 0.25) is 0 Å². The van der Waals surface area contributed by atoms with Gasteiger partial charge in [0.25, 0.3) is 5.91 Å². The number of nitrogens with one attached hydrogen (secondary N) is 3. The SMILES string of the molecule is C=C[C@@H]1C[C@]1(NC(=O)[C@@H]1C[C@@H]2CN1C(=O)[C@H](C(C)(C)C)NC(=O)O[C@@H]1C[C@H]1CCCCCc1c(nc3ccccc3c1OCCCN1CC(C#N)C1)O2)C(=O)NS(=O)(=O)C1(C)CC1. The van der Waals surface area contributed by atoms with Crippen LogP contribution in [0.15, 0.2) is 36.9 Å². The number of hydrogen-bond acceptors (Lipinski definition) is 12. The summed E-state index contributed by atoms with van der Waals surface area (Å²) in [7, 11) is -4.02. The van der Waals surface area contributed by atoms with Gasteiger partial charge < -0.3 is 34.6 Å². The maximum absolute atomic E-state index is 14.9. The number of carbonyl (C=O) groups excluding carboxylic acids is 4. The van der Waals surface area contributed by atoms with Crippen LogP contribution >= 0.6 is 0 Å². The monoisotopic (exact) mass is 887 g/mol. The lowest BCUT2D eigenvalue weighted by Gasteiger charge is -2.35. The fraction of sp³-hybridized carbons (Fsp3) is 0.652. The van der Waals surface area contributed by atoms with Gasteiger partial charge in [0.1, 0.15) is 35.6 Å². The summed E-state index contributed by atoms with van der Waals surface area (Å²) >= 11 is 0. The maximum Gasteiger partial charge on any atom is 0.408 e. The van der Waals surface area contributed by atoms with Gasteiger partial charge in [0.2, 0.25) is 27.7 Å². The van der Waals surface area contributed by atoms with E-state index in [1.54, 1.807) is 6.92 Å². The number of pyridine rings is 1. The Labute approximate surface area is 369 Å². The predicted molar refractivity (Wildman–Crippen MR) is 233 cm³/mol. The van der Waals surface area contributed by atoms with Crippen molar-refractivity contribution in [2.24, 2.45) is 23.2 Å². The zero-order valence-corrected chi connectivity index (χ0v) is 37.6. The maximum atomic E-state index is 14.9. The Morgan fingerprint density at radius 1 is 1.11 bits per heavy atom. The molecule has 0 unspecified atom stereocenters. The average Bonchev–Trinajstić information content (AvgIpc) is 4.18. The molecule has 3 aliphatic heterocycles. The number of fused-ring (bicyclic) bond motifs is 5. The summed E-state index contributed by atoms with van der Waals surface area (Å²) in [5.41, 5.74) is -0.939. The van der Waals surface area contributed by atoms with E-state index in [0.29, 0.717) is 43.0 Å². The number of hydrogen-bond donors (Lipinski definition) is 3. The molecule has 2 bridgehead atoms. The number of aromatic nitrogens is 1. The molecule has 63 heavy (non-hydrogen) atoms. The summed E-state index contributed by atoms with van der Waals surface area (Å²) in [5, 5.41) is 15.8. The van der Waals surface area contributed by atoms with E-state index in [2.05, 4.69) is 32.9 Å². The molecule has 16 nitrogen and oxygen atoms in total. The fourth-order valence-electron chi connectivity index (χ4n) is 9.29. The van der Waals surface area contributed by atoms with Crippen molar-refractivity contribution < 1.29 is 41.8 Å². The number of nitrogens with zero attached hydrogens (tertiary/aromatic N) is 4. The Kier molecular flexibility index (Phi) is 12.2. The van der Waals surface area contributed by atoms with Gasteiger partial charge in [-0.3, -0.25) is 19.1 Å². The molecular formula is C46H61N7O9S. The molecule has 4 amide bonds. The second-order valence-electron chi connectivity index (χ2n) is 19.9. The van der Waals surface area contributed by atoms with Gasteiger partial charge in [-0.15, -0.1) is 6.58 Å². The Morgan fingerprint density at radius 3 is 2.57 bits per heavy atom. The molecule has 1 aromatic heterocycles. The number of alkyl carbamates (subject to hydrolysis) is 1. The molecule has 3 aliphatic carbocycles. The number of benzene rings is 1. The topological polar surface area (TPSA) is 209 Å². The first kappa shape index (κ1) is 44.6. The van der Waals surface area contributed by atoms with E-state index in [9.17, 15) is 32.9 Å². The molecule has 5 fully saturated rings. The molecule has 2 aromatic rings. The zero-order valence-electron chi connectivity index (χ0n) is 36.8. The van der Waals surface area contributed by atoms with Crippen LogP contribution in [0.4, 0.5) is 4.79 Å². The molecule has 0 spiro atoms. The third kappa shape index (κ3) is 9.34. The number of carbonyl (C=O) groups is 4.